The molecule has 2 aliphatic carbocycles. The van der Waals surface area contributed by atoms with Crippen molar-refractivity contribution in [2.45, 2.75) is 25.4 Å². The molecule has 0 saturated heterocycles. The molecule has 0 heterocycles. The first-order valence-electron chi connectivity index (χ1n) is 4.18. The van der Waals surface area contributed by atoms with Crippen molar-refractivity contribution in [2.24, 2.45) is 11.3 Å². The molecular weight excluding hydrogens is 140 g/mol. The Hall–Kier alpha value is -0.340. The van der Waals surface area contributed by atoms with E-state index in [9.17, 15) is 5.11 Å². The van der Waals surface area contributed by atoms with Gasteiger partial charge in [-0.2, -0.15) is 0 Å². The quantitative estimate of drug-likeness (QED) is 0.546. The van der Waals surface area contributed by atoms with Gasteiger partial charge >= 0.3 is 0 Å². The summed E-state index contributed by atoms with van der Waals surface area (Å²) < 4.78 is 0. The van der Waals surface area contributed by atoms with E-state index in [1.165, 1.54) is 12.8 Å². The molecule has 62 valence electrons. The molecule has 2 fully saturated rings. The summed E-state index contributed by atoms with van der Waals surface area (Å²) in [6.45, 7) is 4.01. The standard InChI is InChI=1S/C9H14O2/c1-6-7(5-10)8(11)4-9(6)2-3-9/h7-8,10-11H,1-5H2/t7-,8-/m0/s1. The minimum absolute atomic E-state index is 0.0440. The second-order valence-electron chi connectivity index (χ2n) is 3.87. The van der Waals surface area contributed by atoms with Gasteiger partial charge in [-0.3, -0.25) is 0 Å². The molecular formula is C9H14O2. The molecule has 11 heavy (non-hydrogen) atoms. The first-order valence-corrected chi connectivity index (χ1v) is 4.18. The van der Waals surface area contributed by atoms with E-state index in [2.05, 4.69) is 6.58 Å². The van der Waals surface area contributed by atoms with Gasteiger partial charge in [-0.1, -0.05) is 12.2 Å². The van der Waals surface area contributed by atoms with Crippen LogP contribution >= 0.6 is 0 Å². The molecule has 2 saturated carbocycles. The Labute approximate surface area is 66.5 Å². The molecule has 0 bridgehead atoms. The summed E-state index contributed by atoms with van der Waals surface area (Å²) in [5.74, 6) is -0.0440. The fraction of sp³-hybridized carbons (Fsp3) is 0.778. The monoisotopic (exact) mass is 154 g/mol. The topological polar surface area (TPSA) is 40.5 Å². The first-order chi connectivity index (χ1) is 5.19. The zero-order valence-electron chi connectivity index (χ0n) is 6.58. The summed E-state index contributed by atoms with van der Waals surface area (Å²) in [6, 6.07) is 0. The highest BCUT2D eigenvalue weighted by Gasteiger charge is 2.54. The van der Waals surface area contributed by atoms with Gasteiger partial charge in [-0.25, -0.2) is 0 Å². The average Bonchev–Trinajstić information content (AvgIpc) is 2.65. The molecule has 1 spiro atoms. The highest BCUT2D eigenvalue weighted by Crippen LogP contribution is 2.62. The highest BCUT2D eigenvalue weighted by atomic mass is 16.3. The van der Waals surface area contributed by atoms with Crippen LogP contribution in [0.4, 0.5) is 0 Å². The lowest BCUT2D eigenvalue weighted by Crippen LogP contribution is -2.17. The molecule has 2 aliphatic rings. The van der Waals surface area contributed by atoms with Crippen LogP contribution in [-0.2, 0) is 0 Å². The van der Waals surface area contributed by atoms with Crippen LogP contribution < -0.4 is 0 Å². The third kappa shape index (κ3) is 0.861. The molecule has 0 amide bonds. The zero-order chi connectivity index (χ0) is 8.06. The fourth-order valence-corrected chi connectivity index (χ4v) is 2.21. The van der Waals surface area contributed by atoms with Crippen LogP contribution in [0.3, 0.4) is 0 Å². The summed E-state index contributed by atoms with van der Waals surface area (Å²) in [6.07, 6.45) is 2.82. The lowest BCUT2D eigenvalue weighted by Gasteiger charge is -2.12. The van der Waals surface area contributed by atoms with Gasteiger partial charge in [0.05, 0.1) is 12.7 Å². The van der Waals surface area contributed by atoms with E-state index >= 15 is 0 Å². The van der Waals surface area contributed by atoms with Gasteiger partial charge in [0, 0.05) is 5.92 Å². The van der Waals surface area contributed by atoms with Crippen LogP contribution in [-0.4, -0.2) is 22.9 Å². The maximum Gasteiger partial charge on any atom is 0.0636 e. The van der Waals surface area contributed by atoms with Gasteiger partial charge in [-0.05, 0) is 24.7 Å². The molecule has 2 heteroatoms. The Morgan fingerprint density at radius 2 is 2.18 bits per heavy atom. The Kier molecular flexibility index (Phi) is 1.38. The molecule has 2 rings (SSSR count). The highest BCUT2D eigenvalue weighted by molar-refractivity contribution is 5.28. The maximum absolute atomic E-state index is 9.51. The smallest absolute Gasteiger partial charge is 0.0636 e. The zero-order valence-corrected chi connectivity index (χ0v) is 6.58. The van der Waals surface area contributed by atoms with Crippen LogP contribution in [0.1, 0.15) is 19.3 Å². The van der Waals surface area contributed by atoms with Gasteiger partial charge in [0.25, 0.3) is 0 Å². The summed E-state index contributed by atoms with van der Waals surface area (Å²) in [5.41, 5.74) is 1.33. The predicted octanol–water partition coefficient (Wildman–Crippen LogP) is 0.696. The Morgan fingerprint density at radius 1 is 1.55 bits per heavy atom. The number of aliphatic hydroxyl groups is 2. The van der Waals surface area contributed by atoms with Crippen LogP contribution in [0.2, 0.25) is 0 Å². The molecule has 0 radical (unpaired) electrons. The molecule has 2 atom stereocenters. The largest absolute Gasteiger partial charge is 0.396 e. The van der Waals surface area contributed by atoms with E-state index in [-0.39, 0.29) is 24.0 Å². The SMILES string of the molecule is C=C1[C@H](CO)[C@@H](O)CC12CC2. The van der Waals surface area contributed by atoms with Gasteiger partial charge in [0.1, 0.15) is 0 Å². The maximum atomic E-state index is 9.51. The van der Waals surface area contributed by atoms with E-state index in [1.54, 1.807) is 0 Å². The normalized spacial score (nSPS) is 40.0. The number of rotatable bonds is 1. The van der Waals surface area contributed by atoms with Gasteiger partial charge in [0.15, 0.2) is 0 Å². The second-order valence-corrected chi connectivity index (χ2v) is 3.87. The van der Waals surface area contributed by atoms with E-state index in [4.69, 9.17) is 5.11 Å². The van der Waals surface area contributed by atoms with Crippen molar-refractivity contribution < 1.29 is 10.2 Å². The first kappa shape index (κ1) is 7.32. The van der Waals surface area contributed by atoms with Crippen molar-refractivity contribution in [3.63, 3.8) is 0 Å². The van der Waals surface area contributed by atoms with Crippen LogP contribution in [0.5, 0.6) is 0 Å². The summed E-state index contributed by atoms with van der Waals surface area (Å²) >= 11 is 0. The van der Waals surface area contributed by atoms with Crippen molar-refractivity contribution in [2.75, 3.05) is 6.61 Å². The van der Waals surface area contributed by atoms with E-state index in [0.29, 0.717) is 0 Å². The Morgan fingerprint density at radius 3 is 2.45 bits per heavy atom. The average molecular weight is 154 g/mol. The molecule has 0 aromatic carbocycles. The minimum Gasteiger partial charge on any atom is -0.396 e. The van der Waals surface area contributed by atoms with Crippen molar-refractivity contribution in [1.29, 1.82) is 0 Å². The molecule has 0 aromatic rings. The summed E-state index contributed by atoms with van der Waals surface area (Å²) in [7, 11) is 0. The lowest BCUT2D eigenvalue weighted by molar-refractivity contribution is 0.100. The molecule has 2 N–H and O–H groups in total. The van der Waals surface area contributed by atoms with Crippen molar-refractivity contribution in [3.8, 4) is 0 Å². The van der Waals surface area contributed by atoms with Gasteiger partial charge < -0.3 is 10.2 Å². The van der Waals surface area contributed by atoms with Crippen molar-refractivity contribution >= 4 is 0 Å². The third-order valence-corrected chi connectivity index (χ3v) is 3.24. The molecule has 2 nitrogen and oxygen atoms in total. The number of hydrogen-bond acceptors (Lipinski definition) is 2. The second kappa shape index (κ2) is 2.08. The third-order valence-electron chi connectivity index (χ3n) is 3.24. The Bertz CT molecular complexity index is 194. The van der Waals surface area contributed by atoms with Gasteiger partial charge in [-0.15, -0.1) is 0 Å². The molecule has 0 unspecified atom stereocenters. The van der Waals surface area contributed by atoms with E-state index in [1.807, 2.05) is 0 Å². The molecule has 0 aromatic heterocycles. The van der Waals surface area contributed by atoms with Crippen molar-refractivity contribution in [3.05, 3.63) is 12.2 Å². The fourth-order valence-electron chi connectivity index (χ4n) is 2.21. The van der Waals surface area contributed by atoms with Gasteiger partial charge in [0.2, 0.25) is 0 Å². The number of aliphatic hydroxyl groups excluding tert-OH is 2. The number of hydrogen-bond donors (Lipinski definition) is 2. The van der Waals surface area contributed by atoms with Crippen molar-refractivity contribution in [1.82, 2.24) is 0 Å². The predicted molar refractivity (Wildman–Crippen MR) is 42.0 cm³/mol. The lowest BCUT2D eigenvalue weighted by atomic mass is 9.97. The van der Waals surface area contributed by atoms with E-state index < -0.39 is 0 Å². The molecule has 0 aliphatic heterocycles. The minimum atomic E-state index is -0.338. The van der Waals surface area contributed by atoms with Crippen LogP contribution in [0.15, 0.2) is 12.2 Å². The van der Waals surface area contributed by atoms with E-state index in [0.717, 1.165) is 12.0 Å². The van der Waals surface area contributed by atoms with Crippen LogP contribution in [0.25, 0.3) is 0 Å². The Balaban J connectivity index is 2.18. The summed E-state index contributed by atoms with van der Waals surface area (Å²) in [4.78, 5) is 0. The van der Waals surface area contributed by atoms with Crippen LogP contribution in [0, 0.1) is 11.3 Å². The summed E-state index contributed by atoms with van der Waals surface area (Å²) in [5, 5.41) is 18.5.